The molecule has 140 valence electrons. The lowest BCUT2D eigenvalue weighted by Gasteiger charge is -2.47. The number of fused-ring (bicyclic) bond motifs is 1. The predicted molar refractivity (Wildman–Crippen MR) is 96.3 cm³/mol. The second kappa shape index (κ2) is 7.61. The van der Waals surface area contributed by atoms with Crippen molar-refractivity contribution in [2.24, 2.45) is 5.92 Å². The molecule has 2 atom stereocenters. The Morgan fingerprint density at radius 3 is 3.08 bits per heavy atom. The number of imidazole rings is 1. The van der Waals surface area contributed by atoms with Crippen molar-refractivity contribution in [2.75, 3.05) is 19.6 Å². The average molecular weight is 357 g/mol. The number of nitrogens with one attached hydrogen (secondary N) is 1. The quantitative estimate of drug-likeness (QED) is 0.856. The molecule has 2 aromatic heterocycles. The van der Waals surface area contributed by atoms with E-state index >= 15 is 0 Å². The summed E-state index contributed by atoms with van der Waals surface area (Å²) in [5, 5.41) is 4.09. The highest BCUT2D eigenvalue weighted by Gasteiger charge is 2.39. The highest BCUT2D eigenvalue weighted by atomic mass is 16.5. The molecule has 0 saturated carbocycles. The maximum atomic E-state index is 12.5. The lowest BCUT2D eigenvalue weighted by molar-refractivity contribution is -0.141. The van der Waals surface area contributed by atoms with E-state index in [0.717, 1.165) is 69.0 Å². The third-order valence-corrected chi connectivity index (χ3v) is 5.75. The first-order valence-electron chi connectivity index (χ1n) is 9.66. The van der Waals surface area contributed by atoms with Crippen molar-refractivity contribution in [3.8, 4) is 0 Å². The van der Waals surface area contributed by atoms with Gasteiger partial charge in [0.15, 0.2) is 5.76 Å². The molecule has 7 heteroatoms. The molecule has 4 heterocycles. The molecule has 0 bridgehead atoms. The third kappa shape index (κ3) is 3.67. The molecule has 2 fully saturated rings. The van der Waals surface area contributed by atoms with Crippen LogP contribution in [-0.2, 0) is 24.2 Å². The number of aromatic nitrogens is 3. The fraction of sp³-hybridized carbons (Fsp3) is 0.632. The van der Waals surface area contributed by atoms with Crippen LogP contribution in [0.1, 0.15) is 43.3 Å². The number of H-pyrrole nitrogens is 1. The second-order valence-electron chi connectivity index (χ2n) is 7.44. The van der Waals surface area contributed by atoms with Gasteiger partial charge in [0.25, 0.3) is 0 Å². The fourth-order valence-corrected chi connectivity index (χ4v) is 4.34. The van der Waals surface area contributed by atoms with Crippen LogP contribution < -0.4 is 0 Å². The van der Waals surface area contributed by atoms with Gasteiger partial charge in [-0.1, -0.05) is 12.1 Å². The van der Waals surface area contributed by atoms with E-state index in [0.29, 0.717) is 24.3 Å². The Morgan fingerprint density at radius 2 is 2.31 bits per heavy atom. The number of aryl methyl sites for hydroxylation is 1. The summed E-state index contributed by atoms with van der Waals surface area (Å²) >= 11 is 0. The lowest BCUT2D eigenvalue weighted by atomic mass is 9.83. The van der Waals surface area contributed by atoms with Crippen LogP contribution in [0.2, 0.25) is 0 Å². The van der Waals surface area contributed by atoms with Crippen LogP contribution in [0.4, 0.5) is 0 Å². The van der Waals surface area contributed by atoms with Gasteiger partial charge in [-0.2, -0.15) is 0 Å². The molecule has 2 aliphatic heterocycles. The SMILES string of the molecule is CCc1cc(CN2CC[C@@H]3[C@@H](CCC(=O)N3CCc3cnc[nH]3)C2)on1. The van der Waals surface area contributed by atoms with Gasteiger partial charge in [0.2, 0.25) is 5.91 Å². The maximum Gasteiger partial charge on any atom is 0.222 e. The van der Waals surface area contributed by atoms with Gasteiger partial charge in [-0.3, -0.25) is 9.69 Å². The van der Waals surface area contributed by atoms with Gasteiger partial charge in [-0.05, 0) is 25.2 Å². The minimum atomic E-state index is 0.307. The Labute approximate surface area is 153 Å². The van der Waals surface area contributed by atoms with E-state index in [2.05, 4.69) is 37.9 Å². The fourth-order valence-electron chi connectivity index (χ4n) is 4.34. The van der Waals surface area contributed by atoms with Crippen LogP contribution in [0.15, 0.2) is 23.1 Å². The molecule has 1 N–H and O–H groups in total. The van der Waals surface area contributed by atoms with Gasteiger partial charge in [0.1, 0.15) is 0 Å². The number of likely N-dealkylation sites (tertiary alicyclic amines) is 2. The van der Waals surface area contributed by atoms with E-state index in [1.54, 1.807) is 6.33 Å². The first kappa shape index (κ1) is 17.3. The van der Waals surface area contributed by atoms with Crippen LogP contribution in [0, 0.1) is 5.92 Å². The molecular formula is C19H27N5O2. The zero-order valence-corrected chi connectivity index (χ0v) is 15.4. The third-order valence-electron chi connectivity index (χ3n) is 5.75. The number of hydrogen-bond donors (Lipinski definition) is 1. The molecule has 2 aliphatic rings. The summed E-state index contributed by atoms with van der Waals surface area (Å²) in [5.41, 5.74) is 2.11. The summed E-state index contributed by atoms with van der Waals surface area (Å²) in [6.07, 6.45) is 7.99. The largest absolute Gasteiger partial charge is 0.360 e. The number of piperidine rings is 2. The normalized spacial score (nSPS) is 24.0. The highest BCUT2D eigenvalue weighted by Crippen LogP contribution is 2.32. The number of carbonyl (C=O) groups excluding carboxylic acids is 1. The van der Waals surface area contributed by atoms with E-state index in [4.69, 9.17) is 4.52 Å². The van der Waals surface area contributed by atoms with E-state index in [1.165, 1.54) is 0 Å². The zero-order chi connectivity index (χ0) is 17.9. The van der Waals surface area contributed by atoms with Gasteiger partial charge < -0.3 is 14.4 Å². The Balaban J connectivity index is 1.36. The summed E-state index contributed by atoms with van der Waals surface area (Å²) < 4.78 is 5.45. The smallest absolute Gasteiger partial charge is 0.222 e. The molecule has 7 nitrogen and oxygen atoms in total. The van der Waals surface area contributed by atoms with E-state index < -0.39 is 0 Å². The number of rotatable bonds is 6. The Morgan fingerprint density at radius 1 is 1.38 bits per heavy atom. The Bertz CT molecular complexity index is 726. The molecule has 0 unspecified atom stereocenters. The van der Waals surface area contributed by atoms with Crippen LogP contribution in [0.5, 0.6) is 0 Å². The van der Waals surface area contributed by atoms with Crippen molar-refractivity contribution in [1.82, 2.24) is 24.9 Å². The second-order valence-corrected chi connectivity index (χ2v) is 7.44. The average Bonchev–Trinajstić information content (AvgIpc) is 3.32. The van der Waals surface area contributed by atoms with Gasteiger partial charge >= 0.3 is 0 Å². The van der Waals surface area contributed by atoms with Crippen molar-refractivity contribution in [1.29, 1.82) is 0 Å². The maximum absolute atomic E-state index is 12.5. The summed E-state index contributed by atoms with van der Waals surface area (Å²) in [7, 11) is 0. The molecule has 1 amide bonds. The molecule has 2 aromatic rings. The van der Waals surface area contributed by atoms with Gasteiger partial charge in [0, 0.05) is 56.5 Å². The minimum absolute atomic E-state index is 0.307. The molecule has 0 aliphatic carbocycles. The molecule has 0 spiro atoms. The van der Waals surface area contributed by atoms with Gasteiger partial charge in [-0.25, -0.2) is 4.98 Å². The Kier molecular flexibility index (Phi) is 5.06. The van der Waals surface area contributed by atoms with Crippen molar-refractivity contribution in [2.45, 2.75) is 51.6 Å². The number of nitrogens with zero attached hydrogens (tertiary/aromatic N) is 4. The van der Waals surface area contributed by atoms with Crippen molar-refractivity contribution in [3.05, 3.63) is 35.7 Å². The number of hydrogen-bond acceptors (Lipinski definition) is 5. The lowest BCUT2D eigenvalue weighted by Crippen LogP contribution is -2.56. The van der Waals surface area contributed by atoms with E-state index in [9.17, 15) is 4.79 Å². The molecule has 0 radical (unpaired) electrons. The summed E-state index contributed by atoms with van der Waals surface area (Å²) in [4.78, 5) is 24.2. The zero-order valence-electron chi connectivity index (χ0n) is 15.4. The molecule has 2 saturated heterocycles. The number of aromatic amines is 1. The van der Waals surface area contributed by atoms with Gasteiger partial charge in [-0.15, -0.1) is 0 Å². The first-order valence-corrected chi connectivity index (χ1v) is 9.66. The topological polar surface area (TPSA) is 78.3 Å². The summed E-state index contributed by atoms with van der Waals surface area (Å²) in [5.74, 6) is 1.81. The summed E-state index contributed by atoms with van der Waals surface area (Å²) in [6, 6.07) is 2.43. The van der Waals surface area contributed by atoms with Crippen LogP contribution >= 0.6 is 0 Å². The predicted octanol–water partition coefficient (Wildman–Crippen LogP) is 2.02. The van der Waals surface area contributed by atoms with Gasteiger partial charge in [0.05, 0.1) is 18.6 Å². The standard InChI is InChI=1S/C19H27N5O2/c1-2-15-9-17(26-22-15)12-23-7-6-18-14(11-23)3-4-19(25)24(18)8-5-16-10-20-13-21-16/h9-10,13-14,18H,2-8,11-12H2,1H3,(H,20,21)/t14-,18+/m0/s1. The van der Waals surface area contributed by atoms with Crippen LogP contribution in [0.25, 0.3) is 0 Å². The van der Waals surface area contributed by atoms with Crippen molar-refractivity contribution in [3.63, 3.8) is 0 Å². The first-order chi connectivity index (χ1) is 12.7. The summed E-state index contributed by atoms with van der Waals surface area (Å²) in [6.45, 7) is 5.71. The minimum Gasteiger partial charge on any atom is -0.360 e. The van der Waals surface area contributed by atoms with Crippen LogP contribution in [-0.4, -0.2) is 56.5 Å². The molecule has 0 aromatic carbocycles. The molecule has 4 rings (SSSR count). The van der Waals surface area contributed by atoms with E-state index in [-0.39, 0.29) is 0 Å². The van der Waals surface area contributed by atoms with E-state index in [1.807, 2.05) is 6.20 Å². The number of carbonyl (C=O) groups is 1. The highest BCUT2D eigenvalue weighted by molar-refractivity contribution is 5.77. The van der Waals surface area contributed by atoms with Crippen molar-refractivity contribution >= 4 is 5.91 Å². The van der Waals surface area contributed by atoms with Crippen LogP contribution in [0.3, 0.4) is 0 Å². The molecular weight excluding hydrogens is 330 g/mol. The molecule has 26 heavy (non-hydrogen) atoms. The number of amides is 1. The van der Waals surface area contributed by atoms with Crippen molar-refractivity contribution < 1.29 is 9.32 Å². The Hall–Kier alpha value is -2.15. The monoisotopic (exact) mass is 357 g/mol.